The van der Waals surface area contributed by atoms with Crippen LogP contribution in [0.25, 0.3) is 0 Å². The van der Waals surface area contributed by atoms with Gasteiger partial charge in [-0.15, -0.1) is 0 Å². The zero-order chi connectivity index (χ0) is 35.1. The number of aliphatic hydroxyl groups is 1. The van der Waals surface area contributed by atoms with Crippen LogP contribution in [-0.2, 0) is 25.6 Å². The number of esters is 1. The van der Waals surface area contributed by atoms with Gasteiger partial charge in [0.25, 0.3) is 0 Å². The topological polar surface area (TPSA) is 119 Å². The molecule has 0 radical (unpaired) electrons. The summed E-state index contributed by atoms with van der Waals surface area (Å²) < 4.78 is 24.7. The van der Waals surface area contributed by atoms with Crippen LogP contribution in [0.2, 0.25) is 0 Å². The smallest absolute Gasteiger partial charge is 0.323 e. The first-order chi connectivity index (χ1) is 24.1. The maximum Gasteiger partial charge on any atom is 0.323 e. The Morgan fingerprint density at radius 3 is 2.28 bits per heavy atom. The molecular formula is C40H45N3O7. The molecule has 6 rings (SSSR count). The number of hydrogen-bond donors (Lipinski definition) is 3. The SMILES string of the molecule is CC(C)(C)OC(=O)[C@@H]1CCCN1C[C@H]1C[C@@H](c2ccc(CO)cc2)O[C@@H](c2cccc(NC(=O)Nc3ccc(Oc4ccccc4)cc3)c2)O1. The van der Waals surface area contributed by atoms with Crippen molar-refractivity contribution in [3.8, 4) is 11.5 Å². The van der Waals surface area contributed by atoms with Gasteiger partial charge in [0, 0.05) is 29.9 Å². The molecule has 2 fully saturated rings. The summed E-state index contributed by atoms with van der Waals surface area (Å²) in [4.78, 5) is 28.2. The fourth-order valence-corrected chi connectivity index (χ4v) is 6.26. The van der Waals surface area contributed by atoms with E-state index in [1.54, 1.807) is 30.3 Å². The number of amides is 2. The standard InChI is InChI=1S/C40H45N3O7/c1-40(2,3)50-37(45)35-13-8-22-43(35)25-34-24-36(28-16-14-27(26-44)15-17-28)49-38(48-34)29-9-7-10-31(23-29)42-39(46)41-30-18-20-33(21-19-30)47-32-11-5-4-6-12-32/h4-7,9-12,14-21,23,34-36,38,44H,8,13,22,24-26H2,1-3H3,(H2,41,42,46)/t34-,35+,36+,38+/m1/s1. The van der Waals surface area contributed by atoms with Gasteiger partial charge in [-0.2, -0.15) is 0 Å². The molecule has 0 spiro atoms. The quantitative estimate of drug-likeness (QED) is 0.145. The molecule has 2 saturated heterocycles. The molecule has 2 aliphatic heterocycles. The van der Waals surface area contributed by atoms with Crippen LogP contribution in [0.1, 0.15) is 69.1 Å². The number of nitrogens with zero attached hydrogens (tertiary/aromatic N) is 1. The third-order valence-corrected chi connectivity index (χ3v) is 8.60. The highest BCUT2D eigenvalue weighted by Gasteiger charge is 2.39. The lowest BCUT2D eigenvalue weighted by atomic mass is 9.99. The van der Waals surface area contributed by atoms with Gasteiger partial charge in [-0.05, 0) is 99.8 Å². The minimum absolute atomic E-state index is 0.0392. The van der Waals surface area contributed by atoms with Gasteiger partial charge in [-0.25, -0.2) is 4.79 Å². The van der Waals surface area contributed by atoms with Crippen LogP contribution < -0.4 is 15.4 Å². The molecule has 0 bridgehead atoms. The number of carbonyl (C=O) groups is 2. The fourth-order valence-electron chi connectivity index (χ4n) is 6.26. The first kappa shape index (κ1) is 35.1. The Morgan fingerprint density at radius 2 is 1.56 bits per heavy atom. The van der Waals surface area contributed by atoms with E-state index >= 15 is 0 Å². The van der Waals surface area contributed by atoms with Gasteiger partial charge >= 0.3 is 12.0 Å². The summed E-state index contributed by atoms with van der Waals surface area (Å²) in [6, 6.07) is 31.1. The molecule has 50 heavy (non-hydrogen) atoms. The summed E-state index contributed by atoms with van der Waals surface area (Å²) in [5.41, 5.74) is 3.17. The van der Waals surface area contributed by atoms with Gasteiger partial charge < -0.3 is 34.7 Å². The van der Waals surface area contributed by atoms with E-state index in [-0.39, 0.29) is 30.8 Å². The Morgan fingerprint density at radius 1 is 0.840 bits per heavy atom. The monoisotopic (exact) mass is 679 g/mol. The Labute approximate surface area is 293 Å². The summed E-state index contributed by atoms with van der Waals surface area (Å²) in [6.45, 7) is 6.94. The number of rotatable bonds is 10. The molecule has 4 aromatic rings. The Balaban J connectivity index is 1.13. The maximum absolute atomic E-state index is 13.1. The molecule has 0 unspecified atom stereocenters. The van der Waals surface area contributed by atoms with Crippen LogP contribution in [0.15, 0.2) is 103 Å². The van der Waals surface area contributed by atoms with E-state index < -0.39 is 17.9 Å². The Kier molecular flexibility index (Phi) is 11.1. The van der Waals surface area contributed by atoms with Crippen LogP contribution in [0, 0.1) is 0 Å². The molecule has 4 aromatic carbocycles. The highest BCUT2D eigenvalue weighted by Crippen LogP contribution is 2.39. The number of anilines is 2. The summed E-state index contributed by atoms with van der Waals surface area (Å²) >= 11 is 0. The number of nitrogens with one attached hydrogen (secondary N) is 2. The molecule has 0 aromatic heterocycles. The normalized spacial score (nSPS) is 21.0. The second-order valence-electron chi connectivity index (χ2n) is 13.7. The number of likely N-dealkylation sites (tertiary alicyclic amines) is 1. The molecule has 10 nitrogen and oxygen atoms in total. The second-order valence-corrected chi connectivity index (χ2v) is 13.7. The predicted molar refractivity (Wildman–Crippen MR) is 191 cm³/mol. The maximum atomic E-state index is 13.1. The van der Waals surface area contributed by atoms with Crippen LogP contribution in [-0.4, -0.2) is 52.8 Å². The summed E-state index contributed by atoms with van der Waals surface area (Å²) in [5.74, 6) is 1.19. The van der Waals surface area contributed by atoms with Gasteiger partial charge in [-0.3, -0.25) is 9.69 Å². The van der Waals surface area contributed by atoms with Crippen LogP contribution in [0.4, 0.5) is 16.2 Å². The van der Waals surface area contributed by atoms with E-state index in [0.717, 1.165) is 41.8 Å². The second kappa shape index (κ2) is 15.9. The first-order valence-electron chi connectivity index (χ1n) is 17.1. The average Bonchev–Trinajstić information content (AvgIpc) is 3.57. The van der Waals surface area contributed by atoms with Crippen molar-refractivity contribution in [2.24, 2.45) is 0 Å². The third-order valence-electron chi connectivity index (χ3n) is 8.60. The highest BCUT2D eigenvalue weighted by molar-refractivity contribution is 5.99. The van der Waals surface area contributed by atoms with E-state index in [2.05, 4.69) is 15.5 Å². The minimum Gasteiger partial charge on any atom is -0.459 e. The molecule has 4 atom stereocenters. The molecule has 3 N–H and O–H groups in total. The zero-order valence-corrected chi connectivity index (χ0v) is 28.7. The van der Waals surface area contributed by atoms with E-state index in [4.69, 9.17) is 18.9 Å². The molecule has 2 aliphatic rings. The Hall–Kier alpha value is -4.74. The predicted octanol–water partition coefficient (Wildman–Crippen LogP) is 7.97. The van der Waals surface area contributed by atoms with Crippen molar-refractivity contribution in [2.75, 3.05) is 23.7 Å². The van der Waals surface area contributed by atoms with Crippen molar-refractivity contribution in [2.45, 2.75) is 76.8 Å². The summed E-state index contributed by atoms with van der Waals surface area (Å²) in [7, 11) is 0. The molecule has 262 valence electrons. The minimum atomic E-state index is -0.721. The number of benzene rings is 4. The number of carbonyl (C=O) groups excluding carboxylic acids is 2. The number of hydrogen-bond acceptors (Lipinski definition) is 8. The van der Waals surface area contributed by atoms with Gasteiger partial charge in [-0.1, -0.05) is 54.6 Å². The van der Waals surface area contributed by atoms with Gasteiger partial charge in [0.1, 0.15) is 23.1 Å². The highest BCUT2D eigenvalue weighted by atomic mass is 16.7. The fraction of sp³-hybridized carbons (Fsp3) is 0.350. The number of urea groups is 1. The van der Waals surface area contributed by atoms with Crippen LogP contribution >= 0.6 is 0 Å². The third kappa shape index (κ3) is 9.48. The Bertz CT molecular complexity index is 1720. The zero-order valence-electron chi connectivity index (χ0n) is 28.7. The van der Waals surface area contributed by atoms with E-state index in [0.29, 0.717) is 30.1 Å². The number of para-hydroxylation sites is 1. The average molecular weight is 680 g/mol. The lowest BCUT2D eigenvalue weighted by Crippen LogP contribution is -2.45. The summed E-state index contributed by atoms with van der Waals surface area (Å²) in [6.07, 6.45) is 0.984. The molecule has 2 amide bonds. The van der Waals surface area contributed by atoms with Crippen molar-refractivity contribution in [3.05, 3.63) is 120 Å². The van der Waals surface area contributed by atoms with Gasteiger partial charge in [0.05, 0.1) is 18.8 Å². The van der Waals surface area contributed by atoms with Crippen molar-refractivity contribution in [1.29, 1.82) is 0 Å². The first-order valence-corrected chi connectivity index (χ1v) is 17.1. The van der Waals surface area contributed by atoms with E-state index in [1.807, 2.05) is 93.6 Å². The molecule has 0 aliphatic carbocycles. The number of aliphatic hydroxyl groups excluding tert-OH is 1. The number of ether oxygens (including phenoxy) is 4. The largest absolute Gasteiger partial charge is 0.459 e. The molecule has 10 heteroatoms. The molecule has 2 heterocycles. The molecule has 0 saturated carbocycles. The van der Waals surface area contributed by atoms with Crippen molar-refractivity contribution < 1.29 is 33.6 Å². The lowest BCUT2D eigenvalue weighted by Gasteiger charge is -2.38. The molecular weight excluding hydrogens is 634 g/mol. The lowest BCUT2D eigenvalue weighted by molar-refractivity contribution is -0.253. The van der Waals surface area contributed by atoms with Gasteiger partial charge in [0.15, 0.2) is 6.29 Å². The van der Waals surface area contributed by atoms with Gasteiger partial charge in [0.2, 0.25) is 0 Å². The van der Waals surface area contributed by atoms with Crippen molar-refractivity contribution >= 4 is 23.4 Å². The van der Waals surface area contributed by atoms with E-state index in [9.17, 15) is 14.7 Å². The van der Waals surface area contributed by atoms with E-state index in [1.165, 1.54) is 0 Å². The van der Waals surface area contributed by atoms with Crippen LogP contribution in [0.3, 0.4) is 0 Å². The van der Waals surface area contributed by atoms with Crippen molar-refractivity contribution in [3.63, 3.8) is 0 Å². The van der Waals surface area contributed by atoms with Crippen molar-refractivity contribution in [1.82, 2.24) is 4.90 Å². The van der Waals surface area contributed by atoms with Crippen LogP contribution in [0.5, 0.6) is 11.5 Å². The summed E-state index contributed by atoms with van der Waals surface area (Å²) in [5, 5.41) is 15.3.